The molecule has 1 saturated heterocycles. The number of rotatable bonds is 3. The molecule has 2 aliphatic carbocycles. The van der Waals surface area contributed by atoms with Gasteiger partial charge in [0.25, 0.3) is 0 Å². The monoisotopic (exact) mass is 316 g/mol. The van der Waals surface area contributed by atoms with Gasteiger partial charge < -0.3 is 14.2 Å². The van der Waals surface area contributed by atoms with Crippen LogP contribution in [0.2, 0.25) is 0 Å². The van der Waals surface area contributed by atoms with Crippen LogP contribution in [0.4, 0.5) is 0 Å². The minimum atomic E-state index is -0.366. The molecule has 0 N–H and O–H groups in total. The fourth-order valence-corrected chi connectivity index (χ4v) is 4.18. The standard InChI is InChI=1S/C19H24O4/c1-21-17(20)18(10-11-18)16-4-2-14(3-5-16)15-6-8-19(9-7-15)22-12-13-23-19/h2-5,15H,6-13H2,1H3. The van der Waals surface area contributed by atoms with Crippen LogP contribution in [0.3, 0.4) is 0 Å². The molecule has 0 unspecified atom stereocenters. The van der Waals surface area contributed by atoms with Gasteiger partial charge in [0.05, 0.1) is 25.7 Å². The molecule has 1 aliphatic heterocycles. The lowest BCUT2D eigenvalue weighted by Crippen LogP contribution is -2.34. The number of hydrogen-bond donors (Lipinski definition) is 0. The number of methoxy groups -OCH3 is 1. The number of ether oxygens (including phenoxy) is 3. The van der Waals surface area contributed by atoms with Crippen molar-refractivity contribution in [3.05, 3.63) is 35.4 Å². The lowest BCUT2D eigenvalue weighted by molar-refractivity contribution is -0.178. The Hall–Kier alpha value is -1.39. The van der Waals surface area contributed by atoms with Crippen LogP contribution in [0.25, 0.3) is 0 Å². The van der Waals surface area contributed by atoms with Crippen LogP contribution < -0.4 is 0 Å². The maximum absolute atomic E-state index is 12.0. The highest BCUT2D eigenvalue weighted by Gasteiger charge is 2.52. The van der Waals surface area contributed by atoms with Gasteiger partial charge in [-0.2, -0.15) is 0 Å². The van der Waals surface area contributed by atoms with Gasteiger partial charge in [-0.15, -0.1) is 0 Å². The van der Waals surface area contributed by atoms with Crippen LogP contribution in [-0.4, -0.2) is 32.1 Å². The van der Waals surface area contributed by atoms with E-state index in [9.17, 15) is 4.79 Å². The van der Waals surface area contributed by atoms with Crippen molar-refractivity contribution in [2.24, 2.45) is 0 Å². The Bertz CT molecular complexity index is 572. The van der Waals surface area contributed by atoms with Crippen LogP contribution in [0.5, 0.6) is 0 Å². The summed E-state index contributed by atoms with van der Waals surface area (Å²) in [6.07, 6.45) is 5.96. The highest BCUT2D eigenvalue weighted by molar-refractivity contribution is 5.86. The van der Waals surface area contributed by atoms with Crippen molar-refractivity contribution in [1.82, 2.24) is 0 Å². The number of carbonyl (C=O) groups excluding carboxylic acids is 1. The summed E-state index contributed by atoms with van der Waals surface area (Å²) in [5, 5.41) is 0. The zero-order valence-electron chi connectivity index (χ0n) is 13.7. The van der Waals surface area contributed by atoms with Gasteiger partial charge in [-0.25, -0.2) is 0 Å². The van der Waals surface area contributed by atoms with Crippen LogP contribution in [0, 0.1) is 0 Å². The number of benzene rings is 1. The van der Waals surface area contributed by atoms with Crippen molar-refractivity contribution in [2.45, 2.75) is 55.6 Å². The molecule has 3 fully saturated rings. The van der Waals surface area contributed by atoms with E-state index in [-0.39, 0.29) is 17.2 Å². The molecule has 0 radical (unpaired) electrons. The molecule has 4 rings (SSSR count). The van der Waals surface area contributed by atoms with Crippen LogP contribution in [0.1, 0.15) is 55.6 Å². The first kappa shape index (κ1) is 15.2. The molecule has 0 aromatic heterocycles. The molecular weight excluding hydrogens is 292 g/mol. The Morgan fingerprint density at radius 2 is 1.65 bits per heavy atom. The first-order chi connectivity index (χ1) is 11.2. The molecular formula is C19H24O4. The van der Waals surface area contributed by atoms with E-state index in [1.807, 2.05) is 0 Å². The average molecular weight is 316 g/mol. The Labute approximate surface area is 137 Å². The van der Waals surface area contributed by atoms with Gasteiger partial charge in [0.2, 0.25) is 0 Å². The van der Waals surface area contributed by atoms with E-state index >= 15 is 0 Å². The number of hydrogen-bond acceptors (Lipinski definition) is 4. The Morgan fingerprint density at radius 1 is 1.04 bits per heavy atom. The molecule has 2 saturated carbocycles. The number of carbonyl (C=O) groups is 1. The van der Waals surface area contributed by atoms with Gasteiger partial charge in [0, 0.05) is 12.8 Å². The van der Waals surface area contributed by atoms with E-state index in [1.54, 1.807) is 0 Å². The summed E-state index contributed by atoms with van der Waals surface area (Å²) in [4.78, 5) is 12.0. The summed E-state index contributed by atoms with van der Waals surface area (Å²) < 4.78 is 16.6. The molecule has 1 spiro atoms. The summed E-state index contributed by atoms with van der Waals surface area (Å²) in [5.41, 5.74) is 2.10. The smallest absolute Gasteiger partial charge is 0.316 e. The van der Waals surface area contributed by atoms with Gasteiger partial charge in [-0.1, -0.05) is 24.3 Å². The average Bonchev–Trinajstić information content (AvgIpc) is 3.30. The predicted molar refractivity (Wildman–Crippen MR) is 85.2 cm³/mol. The second-order valence-electron chi connectivity index (χ2n) is 7.08. The topological polar surface area (TPSA) is 44.8 Å². The summed E-state index contributed by atoms with van der Waals surface area (Å²) >= 11 is 0. The van der Waals surface area contributed by atoms with E-state index in [0.29, 0.717) is 5.92 Å². The van der Waals surface area contributed by atoms with Crippen molar-refractivity contribution >= 4 is 5.97 Å². The van der Waals surface area contributed by atoms with Crippen LogP contribution in [0.15, 0.2) is 24.3 Å². The molecule has 0 atom stereocenters. The second kappa shape index (κ2) is 5.60. The van der Waals surface area contributed by atoms with Crippen molar-refractivity contribution in [1.29, 1.82) is 0 Å². The first-order valence-corrected chi connectivity index (χ1v) is 8.64. The van der Waals surface area contributed by atoms with E-state index < -0.39 is 0 Å². The summed E-state index contributed by atoms with van der Waals surface area (Å²) in [7, 11) is 1.47. The van der Waals surface area contributed by atoms with Crippen LogP contribution in [-0.2, 0) is 24.4 Å². The lowest BCUT2D eigenvalue weighted by Gasteiger charge is -2.35. The fourth-order valence-electron chi connectivity index (χ4n) is 4.18. The molecule has 23 heavy (non-hydrogen) atoms. The molecule has 0 amide bonds. The van der Waals surface area contributed by atoms with E-state index in [4.69, 9.17) is 14.2 Å². The highest BCUT2D eigenvalue weighted by atomic mass is 16.7. The zero-order chi connectivity index (χ0) is 15.9. The van der Waals surface area contributed by atoms with Gasteiger partial charge in [-0.05, 0) is 42.7 Å². The van der Waals surface area contributed by atoms with E-state index in [1.165, 1.54) is 12.7 Å². The molecule has 1 aromatic carbocycles. The maximum atomic E-state index is 12.0. The molecule has 1 heterocycles. The Kier molecular flexibility index (Phi) is 3.69. The molecule has 124 valence electrons. The quantitative estimate of drug-likeness (QED) is 0.803. The minimum absolute atomic E-state index is 0.0969. The molecule has 1 aromatic rings. The Balaban J connectivity index is 1.44. The van der Waals surface area contributed by atoms with Crippen molar-refractivity contribution in [2.75, 3.05) is 20.3 Å². The second-order valence-corrected chi connectivity index (χ2v) is 7.08. The molecule has 0 bridgehead atoms. The summed E-state index contributed by atoms with van der Waals surface area (Å²) in [6.45, 7) is 1.46. The van der Waals surface area contributed by atoms with E-state index in [2.05, 4.69) is 24.3 Å². The fraction of sp³-hybridized carbons (Fsp3) is 0.632. The normalized spacial score (nSPS) is 25.4. The predicted octanol–water partition coefficient (Wildman–Crippen LogP) is 3.29. The molecule has 3 aliphatic rings. The zero-order valence-corrected chi connectivity index (χ0v) is 13.7. The van der Waals surface area contributed by atoms with Crippen molar-refractivity contribution in [3.8, 4) is 0 Å². The SMILES string of the molecule is COC(=O)C1(c2ccc(C3CCC4(CC3)OCCO4)cc2)CC1. The lowest BCUT2D eigenvalue weighted by atomic mass is 9.80. The third kappa shape index (κ3) is 2.58. The largest absolute Gasteiger partial charge is 0.468 e. The van der Waals surface area contributed by atoms with Gasteiger partial charge in [0.15, 0.2) is 5.79 Å². The summed E-state index contributed by atoms with van der Waals surface area (Å²) in [5.74, 6) is 0.176. The Morgan fingerprint density at radius 3 is 2.17 bits per heavy atom. The van der Waals surface area contributed by atoms with Crippen LogP contribution >= 0.6 is 0 Å². The van der Waals surface area contributed by atoms with E-state index in [0.717, 1.165) is 57.3 Å². The third-order valence-corrected chi connectivity index (χ3v) is 5.82. The minimum Gasteiger partial charge on any atom is -0.468 e. The third-order valence-electron chi connectivity index (χ3n) is 5.82. The highest BCUT2D eigenvalue weighted by Crippen LogP contribution is 2.49. The maximum Gasteiger partial charge on any atom is 0.316 e. The number of esters is 1. The summed E-state index contributed by atoms with van der Waals surface area (Å²) in [6, 6.07) is 8.62. The van der Waals surface area contributed by atoms with Gasteiger partial charge in [0.1, 0.15) is 0 Å². The van der Waals surface area contributed by atoms with Crippen molar-refractivity contribution < 1.29 is 19.0 Å². The van der Waals surface area contributed by atoms with Crippen molar-refractivity contribution in [3.63, 3.8) is 0 Å². The van der Waals surface area contributed by atoms with Gasteiger partial charge in [-0.3, -0.25) is 4.79 Å². The van der Waals surface area contributed by atoms with Gasteiger partial charge >= 0.3 is 5.97 Å². The molecule has 4 nitrogen and oxygen atoms in total. The first-order valence-electron chi connectivity index (χ1n) is 8.64. The molecule has 4 heteroatoms.